The summed E-state index contributed by atoms with van der Waals surface area (Å²) in [6.07, 6.45) is 0. The zero-order valence-electron chi connectivity index (χ0n) is 8.14. The average molecular weight is 323 g/mol. The molecule has 0 atom stereocenters. The van der Waals surface area contributed by atoms with Crippen molar-refractivity contribution in [3.05, 3.63) is 26.6 Å². The van der Waals surface area contributed by atoms with Gasteiger partial charge in [0.2, 0.25) is 0 Å². The molecule has 0 aliphatic carbocycles. The Bertz CT molecular complexity index is 303. The van der Waals surface area contributed by atoms with Gasteiger partial charge in [0, 0.05) is 12.6 Å². The molecule has 0 bridgehead atoms. The fourth-order valence-corrected chi connectivity index (χ4v) is 2.32. The van der Waals surface area contributed by atoms with Gasteiger partial charge in [-0.2, -0.15) is 0 Å². The summed E-state index contributed by atoms with van der Waals surface area (Å²) in [5.74, 6) is 0.248. The summed E-state index contributed by atoms with van der Waals surface area (Å²) in [5, 5.41) is 12.8. The fourth-order valence-electron chi connectivity index (χ4n) is 1.04. The topological polar surface area (TPSA) is 32.3 Å². The lowest BCUT2D eigenvalue weighted by atomic mass is 10.2. The summed E-state index contributed by atoms with van der Waals surface area (Å²) in [4.78, 5) is 0. The molecule has 1 aromatic carbocycles. The maximum absolute atomic E-state index is 9.49. The number of benzene rings is 1. The van der Waals surface area contributed by atoms with E-state index in [1.54, 1.807) is 0 Å². The molecule has 2 nitrogen and oxygen atoms in total. The van der Waals surface area contributed by atoms with Crippen molar-refractivity contribution in [3.63, 3.8) is 0 Å². The van der Waals surface area contributed by atoms with Gasteiger partial charge in [-0.15, -0.1) is 0 Å². The number of rotatable bonds is 3. The number of nitrogens with one attached hydrogen (secondary N) is 1. The van der Waals surface area contributed by atoms with E-state index < -0.39 is 0 Å². The molecule has 0 aromatic heterocycles. The molecule has 0 heterocycles. The third-order valence-corrected chi connectivity index (χ3v) is 3.00. The van der Waals surface area contributed by atoms with Crippen LogP contribution in [0.2, 0.25) is 0 Å². The lowest BCUT2D eigenvalue weighted by Crippen LogP contribution is -2.21. The maximum atomic E-state index is 9.49. The highest BCUT2D eigenvalue weighted by Crippen LogP contribution is 2.33. The van der Waals surface area contributed by atoms with Crippen molar-refractivity contribution in [2.75, 3.05) is 0 Å². The second-order valence-corrected chi connectivity index (χ2v) is 5.15. The van der Waals surface area contributed by atoms with E-state index in [9.17, 15) is 5.11 Å². The zero-order valence-corrected chi connectivity index (χ0v) is 11.3. The third kappa shape index (κ3) is 3.26. The molecular weight excluding hydrogens is 310 g/mol. The summed E-state index contributed by atoms with van der Waals surface area (Å²) in [7, 11) is 0. The van der Waals surface area contributed by atoms with E-state index in [4.69, 9.17) is 0 Å². The Hall–Kier alpha value is -0.0600. The van der Waals surface area contributed by atoms with E-state index >= 15 is 0 Å². The van der Waals surface area contributed by atoms with Crippen molar-refractivity contribution < 1.29 is 5.11 Å². The van der Waals surface area contributed by atoms with Crippen LogP contribution in [0.1, 0.15) is 19.4 Å². The molecule has 14 heavy (non-hydrogen) atoms. The number of halogens is 2. The predicted octanol–water partition coefficient (Wildman–Crippen LogP) is 3.42. The Morgan fingerprint density at radius 1 is 1.29 bits per heavy atom. The van der Waals surface area contributed by atoms with Crippen LogP contribution in [0.25, 0.3) is 0 Å². The van der Waals surface area contributed by atoms with Gasteiger partial charge >= 0.3 is 0 Å². The lowest BCUT2D eigenvalue weighted by Gasteiger charge is -2.09. The van der Waals surface area contributed by atoms with Crippen LogP contribution < -0.4 is 5.32 Å². The SMILES string of the molecule is CC(C)NCc1cc(Br)c(O)c(Br)c1. The Morgan fingerprint density at radius 3 is 2.21 bits per heavy atom. The van der Waals surface area contributed by atoms with E-state index in [1.165, 1.54) is 0 Å². The monoisotopic (exact) mass is 321 g/mol. The first-order chi connectivity index (χ1) is 6.50. The molecule has 2 N–H and O–H groups in total. The molecule has 0 aliphatic heterocycles. The number of phenolic OH excluding ortho intramolecular Hbond substituents is 1. The van der Waals surface area contributed by atoms with Crippen LogP contribution in [0, 0.1) is 0 Å². The summed E-state index contributed by atoms with van der Waals surface area (Å²) in [6, 6.07) is 4.28. The van der Waals surface area contributed by atoms with Gasteiger partial charge < -0.3 is 10.4 Å². The molecule has 0 saturated heterocycles. The van der Waals surface area contributed by atoms with Crippen LogP contribution in [-0.4, -0.2) is 11.1 Å². The standard InChI is InChI=1S/C10H13Br2NO/c1-6(2)13-5-7-3-8(11)10(14)9(12)4-7/h3-4,6,13-14H,5H2,1-2H3. The van der Waals surface area contributed by atoms with E-state index in [-0.39, 0.29) is 5.75 Å². The normalized spacial score (nSPS) is 10.9. The molecule has 1 rings (SSSR count). The molecule has 0 saturated carbocycles. The number of hydrogen-bond acceptors (Lipinski definition) is 2. The average Bonchev–Trinajstić information content (AvgIpc) is 2.10. The largest absolute Gasteiger partial charge is 0.506 e. The number of hydrogen-bond donors (Lipinski definition) is 2. The Kier molecular flexibility index (Phi) is 4.41. The van der Waals surface area contributed by atoms with Crippen molar-refractivity contribution >= 4 is 31.9 Å². The quantitative estimate of drug-likeness (QED) is 0.893. The van der Waals surface area contributed by atoms with E-state index in [1.807, 2.05) is 12.1 Å². The molecule has 0 fully saturated rings. The smallest absolute Gasteiger partial charge is 0.143 e. The maximum Gasteiger partial charge on any atom is 0.143 e. The van der Waals surface area contributed by atoms with Crippen molar-refractivity contribution in [1.29, 1.82) is 0 Å². The highest BCUT2D eigenvalue weighted by atomic mass is 79.9. The van der Waals surface area contributed by atoms with Gasteiger partial charge in [0.25, 0.3) is 0 Å². The van der Waals surface area contributed by atoms with Crippen LogP contribution in [0.15, 0.2) is 21.1 Å². The Labute approximate surface area is 101 Å². The van der Waals surface area contributed by atoms with Crippen molar-refractivity contribution in [3.8, 4) is 5.75 Å². The molecule has 0 aliphatic rings. The minimum atomic E-state index is 0.248. The fraction of sp³-hybridized carbons (Fsp3) is 0.400. The minimum Gasteiger partial charge on any atom is -0.506 e. The molecule has 0 unspecified atom stereocenters. The van der Waals surface area contributed by atoms with Crippen LogP contribution in [0.5, 0.6) is 5.75 Å². The first-order valence-corrected chi connectivity index (χ1v) is 5.99. The van der Waals surface area contributed by atoms with Gasteiger partial charge in [-0.25, -0.2) is 0 Å². The van der Waals surface area contributed by atoms with Gasteiger partial charge in [-0.3, -0.25) is 0 Å². The van der Waals surface area contributed by atoms with Gasteiger partial charge in [0.05, 0.1) is 8.95 Å². The van der Waals surface area contributed by atoms with E-state index in [0.717, 1.165) is 12.1 Å². The first-order valence-electron chi connectivity index (χ1n) is 4.41. The lowest BCUT2D eigenvalue weighted by molar-refractivity contribution is 0.468. The van der Waals surface area contributed by atoms with Crippen LogP contribution in [-0.2, 0) is 6.54 Å². The highest BCUT2D eigenvalue weighted by Gasteiger charge is 2.05. The van der Waals surface area contributed by atoms with E-state index in [0.29, 0.717) is 15.0 Å². The van der Waals surface area contributed by atoms with Gasteiger partial charge in [0.15, 0.2) is 0 Å². The van der Waals surface area contributed by atoms with Crippen molar-refractivity contribution in [1.82, 2.24) is 5.32 Å². The van der Waals surface area contributed by atoms with Gasteiger partial charge in [-0.1, -0.05) is 13.8 Å². The van der Waals surface area contributed by atoms with Gasteiger partial charge in [0.1, 0.15) is 5.75 Å². The third-order valence-electron chi connectivity index (χ3n) is 1.79. The first kappa shape index (κ1) is 12.0. The van der Waals surface area contributed by atoms with E-state index in [2.05, 4.69) is 51.0 Å². The Morgan fingerprint density at radius 2 is 1.79 bits per heavy atom. The van der Waals surface area contributed by atoms with Crippen LogP contribution >= 0.6 is 31.9 Å². The summed E-state index contributed by atoms with van der Waals surface area (Å²) >= 11 is 6.59. The van der Waals surface area contributed by atoms with Gasteiger partial charge in [-0.05, 0) is 49.6 Å². The molecule has 0 radical (unpaired) electrons. The summed E-state index contributed by atoms with van der Waals surface area (Å²) in [6.45, 7) is 5.00. The molecule has 0 amide bonds. The predicted molar refractivity (Wildman–Crippen MR) is 65.5 cm³/mol. The van der Waals surface area contributed by atoms with Crippen molar-refractivity contribution in [2.45, 2.75) is 26.4 Å². The summed E-state index contributed by atoms with van der Waals surface area (Å²) < 4.78 is 1.43. The molecule has 78 valence electrons. The highest BCUT2D eigenvalue weighted by molar-refractivity contribution is 9.11. The van der Waals surface area contributed by atoms with Crippen LogP contribution in [0.4, 0.5) is 0 Å². The summed E-state index contributed by atoms with van der Waals surface area (Å²) in [5.41, 5.74) is 1.13. The second kappa shape index (κ2) is 5.14. The minimum absolute atomic E-state index is 0.248. The van der Waals surface area contributed by atoms with Crippen LogP contribution in [0.3, 0.4) is 0 Å². The van der Waals surface area contributed by atoms with Crippen molar-refractivity contribution in [2.24, 2.45) is 0 Å². The molecule has 0 spiro atoms. The number of aromatic hydroxyl groups is 1. The molecule has 1 aromatic rings. The number of phenols is 1. The second-order valence-electron chi connectivity index (χ2n) is 3.44. The molecular formula is C10H13Br2NO. The Balaban J connectivity index is 2.79. The molecule has 4 heteroatoms. The zero-order chi connectivity index (χ0) is 10.7.